The maximum atomic E-state index is 12.7. The smallest absolute Gasteiger partial charge is 0.340 e. The molecule has 0 saturated heterocycles. The number of hydrogen-bond donors (Lipinski definition) is 2. The molecule has 0 spiro atoms. The number of carbonyl (C=O) groups is 3. The number of nitrogens with two attached hydrogens (primary N) is 1. The van der Waals surface area contributed by atoms with Crippen molar-refractivity contribution in [2.75, 3.05) is 5.32 Å². The van der Waals surface area contributed by atoms with Crippen LogP contribution in [0.2, 0.25) is 0 Å². The van der Waals surface area contributed by atoms with Crippen LogP contribution in [0.25, 0.3) is 0 Å². The lowest BCUT2D eigenvalue weighted by Crippen LogP contribution is -2.30. The number of nitrogens with one attached hydrogen (secondary N) is 1. The quantitative estimate of drug-likeness (QED) is 0.566. The standard InChI is InChI=1S/C22H23N3O4S/c1-13-11-18(14(2)25(13)12-16-7-5-4-6-8-16)22(28)29-15(3)20(27)24-21-17(19(23)26)9-10-30-21/h4-11,15H,12H2,1-3H3,(H2,23,26)(H,24,27). The van der Waals surface area contributed by atoms with Crippen LogP contribution >= 0.6 is 11.3 Å². The minimum Gasteiger partial charge on any atom is -0.449 e. The van der Waals surface area contributed by atoms with Crippen molar-refractivity contribution >= 4 is 34.1 Å². The van der Waals surface area contributed by atoms with Crippen molar-refractivity contribution in [3.63, 3.8) is 0 Å². The number of aryl methyl sites for hydroxylation is 1. The summed E-state index contributed by atoms with van der Waals surface area (Å²) in [4.78, 5) is 36.5. The molecule has 0 aliphatic rings. The van der Waals surface area contributed by atoms with E-state index < -0.39 is 23.9 Å². The number of nitrogens with zero attached hydrogens (tertiary/aromatic N) is 1. The molecule has 0 aliphatic heterocycles. The second-order valence-electron chi connectivity index (χ2n) is 6.92. The van der Waals surface area contributed by atoms with Gasteiger partial charge in [-0.2, -0.15) is 0 Å². The summed E-state index contributed by atoms with van der Waals surface area (Å²) in [6, 6.07) is 13.2. The number of ether oxygens (including phenoxy) is 1. The van der Waals surface area contributed by atoms with Crippen LogP contribution in [0.3, 0.4) is 0 Å². The summed E-state index contributed by atoms with van der Waals surface area (Å²) in [6.07, 6.45) is -1.04. The fourth-order valence-corrected chi connectivity index (χ4v) is 3.90. The zero-order chi connectivity index (χ0) is 21.8. The molecule has 30 heavy (non-hydrogen) atoms. The van der Waals surface area contributed by atoms with Crippen molar-refractivity contribution in [1.29, 1.82) is 0 Å². The first kappa shape index (κ1) is 21.3. The number of aromatic nitrogens is 1. The first-order valence-corrected chi connectivity index (χ1v) is 10.3. The van der Waals surface area contributed by atoms with Gasteiger partial charge in [0, 0.05) is 17.9 Å². The Morgan fingerprint density at radius 3 is 2.50 bits per heavy atom. The molecule has 3 aromatic rings. The lowest BCUT2D eigenvalue weighted by atomic mass is 10.2. The van der Waals surface area contributed by atoms with E-state index in [2.05, 4.69) is 5.32 Å². The molecule has 0 saturated carbocycles. The highest BCUT2D eigenvalue weighted by Gasteiger charge is 2.24. The first-order valence-electron chi connectivity index (χ1n) is 9.37. The van der Waals surface area contributed by atoms with Crippen LogP contribution in [-0.4, -0.2) is 28.5 Å². The molecule has 2 heterocycles. The number of carbonyl (C=O) groups excluding carboxylic acids is 3. The number of thiophene rings is 1. The van der Waals surface area contributed by atoms with Gasteiger partial charge in [0.1, 0.15) is 5.00 Å². The minimum absolute atomic E-state index is 0.219. The zero-order valence-corrected chi connectivity index (χ0v) is 17.8. The minimum atomic E-state index is -1.04. The molecular formula is C22H23N3O4S. The van der Waals surface area contributed by atoms with Crippen LogP contribution in [-0.2, 0) is 16.1 Å². The van der Waals surface area contributed by atoms with Gasteiger partial charge in [-0.3, -0.25) is 9.59 Å². The van der Waals surface area contributed by atoms with Gasteiger partial charge < -0.3 is 20.4 Å². The largest absolute Gasteiger partial charge is 0.449 e. The van der Waals surface area contributed by atoms with E-state index in [1.165, 1.54) is 24.3 Å². The molecule has 1 aromatic carbocycles. The summed E-state index contributed by atoms with van der Waals surface area (Å²) in [5, 5.41) is 4.57. The number of amides is 2. The second-order valence-corrected chi connectivity index (χ2v) is 7.84. The maximum absolute atomic E-state index is 12.7. The van der Waals surface area contributed by atoms with E-state index >= 15 is 0 Å². The fraction of sp³-hybridized carbons (Fsp3) is 0.227. The van der Waals surface area contributed by atoms with E-state index in [-0.39, 0.29) is 5.56 Å². The predicted octanol–water partition coefficient (Wildman–Crippen LogP) is 3.50. The van der Waals surface area contributed by atoms with E-state index in [1.54, 1.807) is 11.4 Å². The molecule has 3 rings (SSSR count). The van der Waals surface area contributed by atoms with Crippen LogP contribution in [0.5, 0.6) is 0 Å². The Morgan fingerprint density at radius 2 is 1.83 bits per heavy atom. The highest BCUT2D eigenvalue weighted by atomic mass is 32.1. The topological polar surface area (TPSA) is 103 Å². The fourth-order valence-electron chi connectivity index (χ4n) is 3.11. The van der Waals surface area contributed by atoms with Gasteiger partial charge in [-0.1, -0.05) is 30.3 Å². The van der Waals surface area contributed by atoms with Gasteiger partial charge in [0.05, 0.1) is 11.1 Å². The van der Waals surface area contributed by atoms with Crippen molar-refractivity contribution < 1.29 is 19.1 Å². The Morgan fingerprint density at radius 1 is 1.13 bits per heavy atom. The van der Waals surface area contributed by atoms with Crippen LogP contribution < -0.4 is 11.1 Å². The van der Waals surface area contributed by atoms with Crippen LogP contribution in [0, 0.1) is 13.8 Å². The van der Waals surface area contributed by atoms with Gasteiger partial charge >= 0.3 is 5.97 Å². The van der Waals surface area contributed by atoms with Crippen molar-refractivity contribution in [3.05, 3.63) is 75.9 Å². The molecular weight excluding hydrogens is 402 g/mol. The number of esters is 1. The molecule has 1 atom stereocenters. The van der Waals surface area contributed by atoms with E-state index in [9.17, 15) is 14.4 Å². The summed E-state index contributed by atoms with van der Waals surface area (Å²) in [6.45, 7) is 5.89. The number of benzene rings is 1. The van der Waals surface area contributed by atoms with Crippen LogP contribution in [0.15, 0.2) is 47.8 Å². The van der Waals surface area contributed by atoms with Crippen LogP contribution in [0.1, 0.15) is 44.6 Å². The third kappa shape index (κ3) is 4.60. The van der Waals surface area contributed by atoms with E-state index in [0.717, 1.165) is 17.0 Å². The lowest BCUT2D eigenvalue weighted by Gasteiger charge is -2.14. The Hall–Kier alpha value is -3.39. The van der Waals surface area contributed by atoms with Gasteiger partial charge in [0.25, 0.3) is 11.8 Å². The summed E-state index contributed by atoms with van der Waals surface area (Å²) < 4.78 is 7.40. The molecule has 0 fully saturated rings. The molecule has 0 aliphatic carbocycles. The average Bonchev–Trinajstić information content (AvgIpc) is 3.28. The number of rotatable bonds is 7. The zero-order valence-electron chi connectivity index (χ0n) is 17.0. The highest BCUT2D eigenvalue weighted by Crippen LogP contribution is 2.23. The first-order chi connectivity index (χ1) is 14.3. The summed E-state index contributed by atoms with van der Waals surface area (Å²) in [5.41, 5.74) is 8.72. The molecule has 7 nitrogen and oxygen atoms in total. The van der Waals surface area contributed by atoms with Crippen molar-refractivity contribution in [2.24, 2.45) is 5.73 Å². The van der Waals surface area contributed by atoms with E-state index in [0.29, 0.717) is 17.1 Å². The Labute approximate surface area is 178 Å². The van der Waals surface area contributed by atoms with Gasteiger partial charge in [0.2, 0.25) is 0 Å². The molecule has 2 amide bonds. The number of hydrogen-bond acceptors (Lipinski definition) is 5. The monoisotopic (exact) mass is 425 g/mol. The average molecular weight is 426 g/mol. The third-order valence-electron chi connectivity index (χ3n) is 4.80. The lowest BCUT2D eigenvalue weighted by molar-refractivity contribution is -0.123. The molecule has 0 radical (unpaired) electrons. The molecule has 3 N–H and O–H groups in total. The molecule has 2 aromatic heterocycles. The number of primary amides is 1. The Kier molecular flexibility index (Phi) is 6.37. The third-order valence-corrected chi connectivity index (χ3v) is 5.63. The Balaban J connectivity index is 1.69. The Bertz CT molecular complexity index is 1090. The van der Waals surface area contributed by atoms with Crippen molar-refractivity contribution in [3.8, 4) is 0 Å². The number of anilines is 1. The highest BCUT2D eigenvalue weighted by molar-refractivity contribution is 7.14. The molecule has 8 heteroatoms. The van der Waals surface area contributed by atoms with Crippen molar-refractivity contribution in [1.82, 2.24) is 4.57 Å². The van der Waals surface area contributed by atoms with Gasteiger partial charge in [0.15, 0.2) is 6.10 Å². The van der Waals surface area contributed by atoms with Gasteiger partial charge in [-0.25, -0.2) is 4.79 Å². The SMILES string of the molecule is Cc1cc(C(=O)OC(C)C(=O)Nc2sccc2C(N)=O)c(C)n1Cc1ccccc1. The maximum Gasteiger partial charge on any atom is 0.340 e. The normalized spacial score (nSPS) is 11.7. The van der Waals surface area contributed by atoms with E-state index in [1.807, 2.05) is 48.7 Å². The second kappa shape index (κ2) is 8.96. The summed E-state index contributed by atoms with van der Waals surface area (Å²) in [5.74, 6) is -1.75. The summed E-state index contributed by atoms with van der Waals surface area (Å²) in [7, 11) is 0. The van der Waals surface area contributed by atoms with Crippen molar-refractivity contribution in [2.45, 2.75) is 33.4 Å². The molecule has 0 bridgehead atoms. The van der Waals surface area contributed by atoms with Gasteiger partial charge in [-0.05, 0) is 43.8 Å². The summed E-state index contributed by atoms with van der Waals surface area (Å²) >= 11 is 1.17. The van der Waals surface area contributed by atoms with Crippen LogP contribution in [0.4, 0.5) is 5.00 Å². The van der Waals surface area contributed by atoms with Gasteiger partial charge in [-0.15, -0.1) is 11.3 Å². The molecule has 156 valence electrons. The molecule has 1 unspecified atom stereocenters. The van der Waals surface area contributed by atoms with E-state index in [4.69, 9.17) is 10.5 Å². The predicted molar refractivity (Wildman–Crippen MR) is 116 cm³/mol.